The number of amides is 2. The predicted molar refractivity (Wildman–Crippen MR) is 101 cm³/mol. The molecule has 150 valence electrons. The van der Waals surface area contributed by atoms with Crippen molar-refractivity contribution in [3.63, 3.8) is 0 Å². The molecule has 0 atom stereocenters. The standard InChI is InChI=1S/C20H25FN4O3/c1-14(26)24-20(12-4-2-3-5-13-20)19-23-18(28-25-19)11-10-17(27)22-16-8-6-15(21)7-9-16/h6-9H,2-5,10-13H2,1H3,(H,22,27)(H,24,26). The molecule has 0 bridgehead atoms. The summed E-state index contributed by atoms with van der Waals surface area (Å²) >= 11 is 0. The summed E-state index contributed by atoms with van der Waals surface area (Å²) in [7, 11) is 0. The molecule has 28 heavy (non-hydrogen) atoms. The fraction of sp³-hybridized carbons (Fsp3) is 0.500. The van der Waals surface area contributed by atoms with Gasteiger partial charge in [-0.05, 0) is 37.1 Å². The molecule has 1 heterocycles. The zero-order valence-corrected chi connectivity index (χ0v) is 16.0. The van der Waals surface area contributed by atoms with Crippen molar-refractivity contribution < 1.29 is 18.5 Å². The van der Waals surface area contributed by atoms with E-state index in [0.717, 1.165) is 38.5 Å². The Morgan fingerprint density at radius 2 is 1.82 bits per heavy atom. The van der Waals surface area contributed by atoms with E-state index in [1.165, 1.54) is 31.2 Å². The summed E-state index contributed by atoms with van der Waals surface area (Å²) in [5.41, 5.74) is -0.0684. The van der Waals surface area contributed by atoms with Gasteiger partial charge in [-0.1, -0.05) is 30.8 Å². The number of carbonyl (C=O) groups is 2. The van der Waals surface area contributed by atoms with Crippen molar-refractivity contribution in [2.45, 2.75) is 63.8 Å². The second-order valence-electron chi connectivity index (χ2n) is 7.24. The van der Waals surface area contributed by atoms with Gasteiger partial charge in [-0.3, -0.25) is 9.59 Å². The van der Waals surface area contributed by atoms with E-state index in [1.807, 2.05) is 0 Å². The molecule has 2 aromatic rings. The number of aromatic nitrogens is 2. The van der Waals surface area contributed by atoms with E-state index in [9.17, 15) is 14.0 Å². The number of anilines is 1. The first kappa shape index (κ1) is 20.0. The van der Waals surface area contributed by atoms with Crippen molar-refractivity contribution in [2.75, 3.05) is 5.32 Å². The molecular formula is C20H25FN4O3. The van der Waals surface area contributed by atoms with Crippen molar-refractivity contribution in [2.24, 2.45) is 0 Å². The highest BCUT2D eigenvalue weighted by Gasteiger charge is 2.38. The third-order valence-electron chi connectivity index (χ3n) is 4.96. The summed E-state index contributed by atoms with van der Waals surface area (Å²) in [4.78, 5) is 28.3. The Balaban J connectivity index is 1.62. The lowest BCUT2D eigenvalue weighted by molar-refractivity contribution is -0.121. The summed E-state index contributed by atoms with van der Waals surface area (Å²) in [6.07, 6.45) is 6.22. The van der Waals surface area contributed by atoms with Crippen LogP contribution in [0.3, 0.4) is 0 Å². The number of benzene rings is 1. The monoisotopic (exact) mass is 388 g/mol. The molecule has 1 aliphatic carbocycles. The number of carbonyl (C=O) groups excluding carboxylic acids is 2. The average Bonchev–Trinajstić information content (AvgIpc) is 3.02. The van der Waals surface area contributed by atoms with E-state index in [2.05, 4.69) is 20.8 Å². The molecule has 1 aromatic carbocycles. The highest BCUT2D eigenvalue weighted by molar-refractivity contribution is 5.90. The number of hydrogen-bond donors (Lipinski definition) is 2. The Hall–Kier alpha value is -2.77. The first-order chi connectivity index (χ1) is 13.5. The van der Waals surface area contributed by atoms with Crippen molar-refractivity contribution in [3.8, 4) is 0 Å². The maximum absolute atomic E-state index is 12.9. The quantitative estimate of drug-likeness (QED) is 0.739. The van der Waals surface area contributed by atoms with Gasteiger partial charge >= 0.3 is 0 Å². The van der Waals surface area contributed by atoms with Gasteiger partial charge in [0, 0.05) is 25.5 Å². The second kappa shape index (κ2) is 8.95. The van der Waals surface area contributed by atoms with Gasteiger partial charge in [-0.25, -0.2) is 4.39 Å². The number of aryl methyl sites for hydroxylation is 1. The van der Waals surface area contributed by atoms with E-state index in [0.29, 0.717) is 17.4 Å². The summed E-state index contributed by atoms with van der Waals surface area (Å²) in [5.74, 6) is 0.143. The van der Waals surface area contributed by atoms with Gasteiger partial charge in [0.2, 0.25) is 17.7 Å². The molecule has 0 spiro atoms. The fourth-order valence-corrected chi connectivity index (χ4v) is 3.60. The van der Waals surface area contributed by atoms with Crippen LogP contribution in [-0.4, -0.2) is 22.0 Å². The number of rotatable bonds is 6. The number of nitrogens with one attached hydrogen (secondary N) is 2. The molecule has 2 amide bonds. The van der Waals surface area contributed by atoms with E-state index in [4.69, 9.17) is 4.52 Å². The third kappa shape index (κ3) is 5.15. The Morgan fingerprint density at radius 1 is 1.14 bits per heavy atom. The minimum Gasteiger partial charge on any atom is -0.343 e. The van der Waals surface area contributed by atoms with Crippen LogP contribution in [0.5, 0.6) is 0 Å². The van der Waals surface area contributed by atoms with Gasteiger partial charge in [-0.2, -0.15) is 4.98 Å². The molecule has 3 rings (SSSR count). The van der Waals surface area contributed by atoms with Crippen LogP contribution in [0.2, 0.25) is 0 Å². The van der Waals surface area contributed by atoms with Crippen LogP contribution in [-0.2, 0) is 21.5 Å². The SMILES string of the molecule is CC(=O)NC1(c2noc(CCC(=O)Nc3ccc(F)cc3)n2)CCCCCC1. The smallest absolute Gasteiger partial charge is 0.227 e. The molecule has 1 fully saturated rings. The number of nitrogens with zero attached hydrogens (tertiary/aromatic N) is 2. The lowest BCUT2D eigenvalue weighted by Crippen LogP contribution is -2.45. The predicted octanol–water partition coefficient (Wildman–Crippen LogP) is 3.47. The molecule has 7 nitrogen and oxygen atoms in total. The molecule has 0 saturated heterocycles. The molecule has 8 heteroatoms. The highest BCUT2D eigenvalue weighted by Crippen LogP contribution is 2.34. The van der Waals surface area contributed by atoms with Crippen LogP contribution in [0.1, 0.15) is 63.6 Å². The van der Waals surface area contributed by atoms with Gasteiger partial charge < -0.3 is 15.2 Å². The van der Waals surface area contributed by atoms with Crippen LogP contribution in [0.25, 0.3) is 0 Å². The van der Waals surface area contributed by atoms with Gasteiger partial charge in [0.25, 0.3) is 0 Å². The van der Waals surface area contributed by atoms with Crippen molar-refractivity contribution in [1.29, 1.82) is 0 Å². The number of halogens is 1. The van der Waals surface area contributed by atoms with E-state index < -0.39 is 5.54 Å². The maximum atomic E-state index is 12.9. The Morgan fingerprint density at radius 3 is 2.46 bits per heavy atom. The summed E-state index contributed by atoms with van der Waals surface area (Å²) in [6.45, 7) is 1.49. The van der Waals surface area contributed by atoms with Gasteiger partial charge in [0.05, 0.1) is 0 Å². The van der Waals surface area contributed by atoms with E-state index >= 15 is 0 Å². The second-order valence-corrected chi connectivity index (χ2v) is 7.24. The minimum absolute atomic E-state index is 0.119. The van der Waals surface area contributed by atoms with Crippen LogP contribution >= 0.6 is 0 Å². The topological polar surface area (TPSA) is 97.1 Å². The van der Waals surface area contributed by atoms with Crippen molar-refractivity contribution in [3.05, 3.63) is 41.8 Å². The first-order valence-corrected chi connectivity index (χ1v) is 9.64. The Bertz CT molecular complexity index is 811. The summed E-state index contributed by atoms with van der Waals surface area (Å²) in [5, 5.41) is 9.84. The molecule has 0 unspecified atom stereocenters. The molecule has 1 aliphatic rings. The van der Waals surface area contributed by atoms with Crippen LogP contribution in [0, 0.1) is 5.82 Å². The molecule has 1 aromatic heterocycles. The summed E-state index contributed by atoms with van der Waals surface area (Å²) in [6, 6.07) is 5.57. The zero-order valence-electron chi connectivity index (χ0n) is 16.0. The lowest BCUT2D eigenvalue weighted by Gasteiger charge is -2.30. The van der Waals surface area contributed by atoms with Gasteiger partial charge in [-0.15, -0.1) is 0 Å². The fourth-order valence-electron chi connectivity index (χ4n) is 3.60. The van der Waals surface area contributed by atoms with Crippen molar-refractivity contribution >= 4 is 17.5 Å². The third-order valence-corrected chi connectivity index (χ3v) is 4.96. The largest absolute Gasteiger partial charge is 0.343 e. The molecule has 2 N–H and O–H groups in total. The van der Waals surface area contributed by atoms with Crippen LogP contribution in [0.15, 0.2) is 28.8 Å². The zero-order chi connectivity index (χ0) is 20.0. The van der Waals surface area contributed by atoms with Crippen molar-refractivity contribution in [1.82, 2.24) is 15.5 Å². The van der Waals surface area contributed by atoms with E-state index in [1.54, 1.807) is 0 Å². The normalized spacial score (nSPS) is 16.2. The Kier molecular flexibility index (Phi) is 6.38. The Labute approximate surface area is 163 Å². The molecule has 0 aliphatic heterocycles. The molecular weight excluding hydrogens is 363 g/mol. The van der Waals surface area contributed by atoms with Crippen LogP contribution in [0.4, 0.5) is 10.1 Å². The summed E-state index contributed by atoms with van der Waals surface area (Å²) < 4.78 is 18.3. The molecule has 0 radical (unpaired) electrons. The maximum Gasteiger partial charge on any atom is 0.227 e. The lowest BCUT2D eigenvalue weighted by atomic mass is 9.89. The average molecular weight is 388 g/mol. The minimum atomic E-state index is -0.597. The van der Waals surface area contributed by atoms with E-state index in [-0.39, 0.29) is 30.5 Å². The molecule has 1 saturated carbocycles. The number of hydrogen-bond acceptors (Lipinski definition) is 5. The highest BCUT2D eigenvalue weighted by atomic mass is 19.1. The van der Waals surface area contributed by atoms with Gasteiger partial charge in [0.15, 0.2) is 5.82 Å². The van der Waals surface area contributed by atoms with Crippen LogP contribution < -0.4 is 10.6 Å². The van der Waals surface area contributed by atoms with Gasteiger partial charge in [0.1, 0.15) is 11.4 Å². The first-order valence-electron chi connectivity index (χ1n) is 9.64.